The Kier molecular flexibility index (Phi) is 6.35. The highest BCUT2D eigenvalue weighted by atomic mass is 32.1. The normalized spacial score (nSPS) is 17.5. The van der Waals surface area contributed by atoms with Crippen LogP contribution in [0.4, 0.5) is 5.13 Å². The van der Waals surface area contributed by atoms with Crippen molar-refractivity contribution in [1.29, 1.82) is 0 Å². The molecule has 5 nitrogen and oxygen atoms in total. The molecular formula is C20H29N3O2S. The highest BCUT2D eigenvalue weighted by Crippen LogP contribution is 2.33. The third kappa shape index (κ3) is 4.11. The van der Waals surface area contributed by atoms with Crippen LogP contribution in [0.2, 0.25) is 0 Å². The van der Waals surface area contributed by atoms with Crippen LogP contribution in [-0.2, 0) is 4.79 Å². The Balaban J connectivity index is 1.74. The SMILES string of the molecule is CCCN(CCC)C(=O)C1CCCN(c2nc3ccc(OC)cc3s2)C1. The lowest BCUT2D eigenvalue weighted by molar-refractivity contribution is -0.135. The van der Waals surface area contributed by atoms with E-state index < -0.39 is 0 Å². The van der Waals surface area contributed by atoms with Crippen LogP contribution in [0.25, 0.3) is 10.2 Å². The van der Waals surface area contributed by atoms with Crippen LogP contribution in [0.5, 0.6) is 5.75 Å². The summed E-state index contributed by atoms with van der Waals surface area (Å²) >= 11 is 1.69. The minimum atomic E-state index is 0.0865. The summed E-state index contributed by atoms with van der Waals surface area (Å²) < 4.78 is 6.44. The molecule has 0 N–H and O–H groups in total. The Bertz CT molecular complexity index is 740. The number of amides is 1. The summed E-state index contributed by atoms with van der Waals surface area (Å²) in [5.74, 6) is 1.26. The van der Waals surface area contributed by atoms with Gasteiger partial charge in [0.1, 0.15) is 5.75 Å². The second-order valence-corrected chi connectivity index (χ2v) is 7.95. The van der Waals surface area contributed by atoms with Gasteiger partial charge in [-0.3, -0.25) is 4.79 Å². The number of rotatable bonds is 7. The minimum Gasteiger partial charge on any atom is -0.497 e. The van der Waals surface area contributed by atoms with Crippen LogP contribution in [0.3, 0.4) is 0 Å². The first kappa shape index (κ1) is 19.0. The molecule has 2 heterocycles. The summed E-state index contributed by atoms with van der Waals surface area (Å²) in [5, 5.41) is 1.02. The molecule has 1 atom stereocenters. The van der Waals surface area contributed by atoms with Gasteiger partial charge in [-0.05, 0) is 43.9 Å². The number of hydrogen-bond acceptors (Lipinski definition) is 5. The monoisotopic (exact) mass is 375 g/mol. The average molecular weight is 376 g/mol. The number of ether oxygens (including phenoxy) is 1. The smallest absolute Gasteiger partial charge is 0.227 e. The maximum Gasteiger partial charge on any atom is 0.227 e. The van der Waals surface area contributed by atoms with E-state index in [-0.39, 0.29) is 5.92 Å². The quantitative estimate of drug-likeness (QED) is 0.729. The Morgan fingerprint density at radius 1 is 1.35 bits per heavy atom. The zero-order valence-corrected chi connectivity index (χ0v) is 16.8. The molecule has 142 valence electrons. The van der Waals surface area contributed by atoms with Gasteiger partial charge in [0, 0.05) is 26.2 Å². The summed E-state index contributed by atoms with van der Waals surface area (Å²) in [7, 11) is 1.68. The van der Waals surface area contributed by atoms with Crippen LogP contribution in [0.15, 0.2) is 18.2 Å². The molecule has 2 aromatic rings. The third-order valence-electron chi connectivity index (χ3n) is 4.92. The first-order valence-corrected chi connectivity index (χ1v) is 10.5. The van der Waals surface area contributed by atoms with Gasteiger partial charge in [-0.1, -0.05) is 25.2 Å². The lowest BCUT2D eigenvalue weighted by Crippen LogP contribution is -2.45. The highest BCUT2D eigenvalue weighted by Gasteiger charge is 2.30. The topological polar surface area (TPSA) is 45.7 Å². The summed E-state index contributed by atoms with van der Waals surface area (Å²) in [4.78, 5) is 22.1. The van der Waals surface area contributed by atoms with Gasteiger partial charge in [0.25, 0.3) is 0 Å². The van der Waals surface area contributed by atoms with Gasteiger partial charge in [0.05, 0.1) is 23.2 Å². The van der Waals surface area contributed by atoms with Crippen LogP contribution < -0.4 is 9.64 Å². The minimum absolute atomic E-state index is 0.0865. The Morgan fingerprint density at radius 3 is 2.81 bits per heavy atom. The van der Waals surface area contributed by atoms with Gasteiger partial charge in [-0.25, -0.2) is 4.98 Å². The number of nitrogens with zero attached hydrogens (tertiary/aromatic N) is 3. The lowest BCUT2D eigenvalue weighted by atomic mass is 9.96. The first-order valence-electron chi connectivity index (χ1n) is 9.64. The van der Waals surface area contributed by atoms with Gasteiger partial charge >= 0.3 is 0 Å². The van der Waals surface area contributed by atoms with E-state index in [1.165, 1.54) is 0 Å². The molecular weight excluding hydrogens is 346 g/mol. The zero-order chi connectivity index (χ0) is 18.5. The number of piperidine rings is 1. The van der Waals surface area contributed by atoms with E-state index in [0.29, 0.717) is 5.91 Å². The fraction of sp³-hybridized carbons (Fsp3) is 0.600. The molecule has 1 aliphatic rings. The van der Waals surface area contributed by atoms with E-state index in [4.69, 9.17) is 9.72 Å². The molecule has 0 bridgehead atoms. The number of fused-ring (bicyclic) bond motifs is 1. The van der Waals surface area contributed by atoms with Crippen LogP contribution >= 0.6 is 11.3 Å². The number of benzene rings is 1. The van der Waals surface area contributed by atoms with Gasteiger partial charge in [-0.15, -0.1) is 0 Å². The number of carbonyl (C=O) groups is 1. The lowest BCUT2D eigenvalue weighted by Gasteiger charge is -2.34. The number of aromatic nitrogens is 1. The van der Waals surface area contributed by atoms with E-state index in [1.807, 2.05) is 18.2 Å². The van der Waals surface area contributed by atoms with Crippen molar-refractivity contribution in [3.05, 3.63) is 18.2 Å². The van der Waals surface area contributed by atoms with Crippen molar-refractivity contribution in [1.82, 2.24) is 9.88 Å². The predicted molar refractivity (Wildman–Crippen MR) is 108 cm³/mol. The Morgan fingerprint density at radius 2 is 2.12 bits per heavy atom. The van der Waals surface area contributed by atoms with Crippen molar-refractivity contribution in [2.75, 3.05) is 38.2 Å². The van der Waals surface area contributed by atoms with Crippen molar-refractivity contribution < 1.29 is 9.53 Å². The van der Waals surface area contributed by atoms with E-state index in [1.54, 1.807) is 18.4 Å². The molecule has 3 rings (SSSR count). The van der Waals surface area contributed by atoms with Crippen molar-refractivity contribution in [2.45, 2.75) is 39.5 Å². The summed E-state index contributed by atoms with van der Waals surface area (Å²) in [6, 6.07) is 5.99. The molecule has 1 aliphatic heterocycles. The molecule has 1 aromatic carbocycles. The third-order valence-corrected chi connectivity index (χ3v) is 6.00. The largest absolute Gasteiger partial charge is 0.497 e. The van der Waals surface area contributed by atoms with Crippen molar-refractivity contribution in [2.24, 2.45) is 5.92 Å². The molecule has 6 heteroatoms. The molecule has 1 saturated heterocycles. The maximum atomic E-state index is 13.0. The zero-order valence-electron chi connectivity index (χ0n) is 16.0. The van der Waals surface area contributed by atoms with Gasteiger partial charge in [-0.2, -0.15) is 0 Å². The van der Waals surface area contributed by atoms with Crippen molar-refractivity contribution in [3.63, 3.8) is 0 Å². The number of methoxy groups -OCH3 is 1. The summed E-state index contributed by atoms with van der Waals surface area (Å²) in [5.41, 5.74) is 0.998. The highest BCUT2D eigenvalue weighted by molar-refractivity contribution is 7.22. The number of thiazole rings is 1. The van der Waals surface area contributed by atoms with Gasteiger partial charge in [0.15, 0.2) is 5.13 Å². The van der Waals surface area contributed by atoms with Gasteiger partial charge < -0.3 is 14.5 Å². The number of hydrogen-bond donors (Lipinski definition) is 0. The molecule has 1 amide bonds. The van der Waals surface area contributed by atoms with Gasteiger partial charge in [0.2, 0.25) is 5.91 Å². The van der Waals surface area contributed by atoms with Crippen LogP contribution in [0, 0.1) is 5.92 Å². The second kappa shape index (κ2) is 8.71. The fourth-order valence-corrected chi connectivity index (χ4v) is 4.67. The van der Waals surface area contributed by atoms with Crippen molar-refractivity contribution in [3.8, 4) is 5.75 Å². The molecule has 1 aromatic heterocycles. The molecule has 0 spiro atoms. The molecule has 0 aliphatic carbocycles. The summed E-state index contributed by atoms with van der Waals surface area (Å²) in [6.45, 7) is 7.76. The predicted octanol–water partition coefficient (Wildman–Crippen LogP) is 4.17. The molecule has 0 saturated carbocycles. The first-order chi connectivity index (χ1) is 12.7. The number of anilines is 1. The Labute approximate surface area is 160 Å². The number of carbonyl (C=O) groups excluding carboxylic acids is 1. The average Bonchev–Trinajstić information content (AvgIpc) is 3.10. The summed E-state index contributed by atoms with van der Waals surface area (Å²) in [6.07, 6.45) is 4.06. The molecule has 1 fully saturated rings. The standard InChI is InChI=1S/C20H29N3O2S/c1-4-10-22(11-5-2)19(24)15-7-6-12-23(14-15)20-21-17-9-8-16(25-3)13-18(17)26-20/h8-9,13,15H,4-7,10-12,14H2,1-3H3. The van der Waals surface area contributed by atoms with E-state index >= 15 is 0 Å². The second-order valence-electron chi connectivity index (χ2n) is 6.94. The van der Waals surface area contributed by atoms with E-state index in [0.717, 1.165) is 73.0 Å². The Hall–Kier alpha value is -1.82. The molecule has 26 heavy (non-hydrogen) atoms. The van der Waals surface area contributed by atoms with Crippen molar-refractivity contribution >= 4 is 32.6 Å². The van der Waals surface area contributed by atoms with Crippen LogP contribution in [-0.4, -0.2) is 49.1 Å². The van der Waals surface area contributed by atoms with Crippen LogP contribution in [0.1, 0.15) is 39.5 Å². The maximum absolute atomic E-state index is 13.0. The van der Waals surface area contributed by atoms with E-state index in [9.17, 15) is 4.79 Å². The fourth-order valence-electron chi connectivity index (χ4n) is 3.64. The molecule has 1 unspecified atom stereocenters. The molecule has 0 radical (unpaired) electrons. The van der Waals surface area contributed by atoms with E-state index in [2.05, 4.69) is 23.6 Å².